The number of nitrogens with one attached hydrogen (secondary N) is 1. The van der Waals surface area contributed by atoms with Crippen molar-refractivity contribution in [1.82, 2.24) is 5.43 Å². The zero-order valence-corrected chi connectivity index (χ0v) is 22.2. The first-order chi connectivity index (χ1) is 18.5. The highest BCUT2D eigenvalue weighted by Gasteiger charge is 2.71. The number of carbonyl (C=O) groups is 2. The van der Waals surface area contributed by atoms with E-state index in [-0.39, 0.29) is 42.3 Å². The maximum absolute atomic E-state index is 14.1. The van der Waals surface area contributed by atoms with E-state index in [9.17, 15) is 29.3 Å². The van der Waals surface area contributed by atoms with Gasteiger partial charge in [0.25, 0.3) is 5.91 Å². The van der Waals surface area contributed by atoms with Gasteiger partial charge in [0, 0.05) is 29.5 Å². The summed E-state index contributed by atoms with van der Waals surface area (Å²) in [6.07, 6.45) is 7.52. The van der Waals surface area contributed by atoms with Crippen molar-refractivity contribution < 1.29 is 34.0 Å². The normalized spacial score (nSPS) is 43.3. The molecule has 4 fully saturated rings. The number of cyclic esters (lactones) is 1. The molecule has 8 atom stereocenters. The van der Waals surface area contributed by atoms with Crippen LogP contribution in [0.2, 0.25) is 0 Å². The number of rotatable bonds is 4. The van der Waals surface area contributed by atoms with Crippen LogP contribution in [0.15, 0.2) is 41.0 Å². The SMILES string of the molecule is C[C@]12CC[C@H]3[C@@H](CC[C@]4(O)C[C@H](O)CC[C@]34/C=N\NC(=O)c3ccccc3F)[C@]1(O)CC[C@H]2C1=CC(=O)OC1. The molecule has 4 N–H and O–H groups in total. The second-order valence-corrected chi connectivity index (χ2v) is 12.7. The summed E-state index contributed by atoms with van der Waals surface area (Å²) in [5, 5.41) is 39.3. The zero-order valence-electron chi connectivity index (χ0n) is 22.2. The fourth-order valence-electron chi connectivity index (χ4n) is 9.27. The molecule has 9 heteroatoms. The first-order valence-electron chi connectivity index (χ1n) is 14.1. The van der Waals surface area contributed by atoms with Crippen molar-refractivity contribution in [2.75, 3.05) is 6.61 Å². The lowest BCUT2D eigenvalue weighted by atomic mass is 9.41. The van der Waals surface area contributed by atoms with Gasteiger partial charge in [-0.05, 0) is 86.8 Å². The smallest absolute Gasteiger partial charge is 0.331 e. The minimum atomic E-state index is -1.24. The molecule has 4 saturated carbocycles. The largest absolute Gasteiger partial charge is 0.458 e. The number of hydrogen-bond acceptors (Lipinski definition) is 7. The number of fused-ring (bicyclic) bond motifs is 5. The van der Waals surface area contributed by atoms with Crippen molar-refractivity contribution in [2.24, 2.45) is 33.7 Å². The van der Waals surface area contributed by atoms with Gasteiger partial charge >= 0.3 is 5.97 Å². The van der Waals surface area contributed by atoms with Crippen LogP contribution in [0.3, 0.4) is 0 Å². The maximum atomic E-state index is 14.1. The number of carbonyl (C=O) groups excluding carboxylic acids is 2. The molecule has 0 spiro atoms. The van der Waals surface area contributed by atoms with Gasteiger partial charge in [-0.1, -0.05) is 19.1 Å². The molecule has 5 aliphatic rings. The van der Waals surface area contributed by atoms with Gasteiger partial charge in [-0.15, -0.1) is 0 Å². The Morgan fingerprint density at radius 3 is 2.62 bits per heavy atom. The standard InChI is InChI=1S/C30H37FN2O6/c1-27-10-7-22-23(30(27,38)13-9-21(27)18-14-25(35)39-16-18)8-12-29(37)15-19(34)6-11-28(22,29)17-32-33-26(36)20-4-2-3-5-24(20)31/h2-5,14,17,19,21-23,34,37-38H,6-13,15-16H2,1H3,(H,33,36)/b32-17-/t19-,21+,22+,23-,27-,28+,29+,30-/m1/s1. The first kappa shape index (κ1) is 26.6. The second-order valence-electron chi connectivity index (χ2n) is 12.7. The van der Waals surface area contributed by atoms with Crippen LogP contribution < -0.4 is 5.43 Å². The number of aliphatic hydroxyl groups is 3. The van der Waals surface area contributed by atoms with Gasteiger partial charge in [-0.3, -0.25) is 4.79 Å². The maximum Gasteiger partial charge on any atom is 0.331 e. The number of aliphatic hydroxyl groups excluding tert-OH is 1. The van der Waals surface area contributed by atoms with Crippen LogP contribution in [-0.4, -0.2) is 57.3 Å². The number of nitrogens with zero attached hydrogens (tertiary/aromatic N) is 1. The van der Waals surface area contributed by atoms with Crippen molar-refractivity contribution in [2.45, 2.75) is 82.0 Å². The number of esters is 1. The number of hydrazone groups is 1. The summed E-state index contributed by atoms with van der Waals surface area (Å²) in [5.41, 5.74) is -0.250. The second kappa shape index (κ2) is 9.21. The average molecular weight is 541 g/mol. The quantitative estimate of drug-likeness (QED) is 0.264. The van der Waals surface area contributed by atoms with Gasteiger partial charge in [0.1, 0.15) is 12.4 Å². The third kappa shape index (κ3) is 3.84. The fourth-order valence-corrected chi connectivity index (χ4v) is 9.27. The van der Waals surface area contributed by atoms with Gasteiger partial charge in [0.15, 0.2) is 0 Å². The number of amides is 1. The molecular formula is C30H37FN2O6. The molecule has 0 saturated heterocycles. The van der Waals surface area contributed by atoms with Gasteiger partial charge in [0.05, 0.1) is 22.9 Å². The molecule has 8 nitrogen and oxygen atoms in total. The Labute approximate surface area is 227 Å². The topological polar surface area (TPSA) is 128 Å². The molecule has 1 aliphatic heterocycles. The van der Waals surface area contributed by atoms with Crippen LogP contribution in [0, 0.1) is 34.4 Å². The van der Waals surface area contributed by atoms with Crippen LogP contribution in [0.1, 0.15) is 75.1 Å². The van der Waals surface area contributed by atoms with Gasteiger partial charge in [0.2, 0.25) is 0 Å². The highest BCUT2D eigenvalue weighted by Crippen LogP contribution is 2.70. The Morgan fingerprint density at radius 2 is 1.87 bits per heavy atom. The molecule has 210 valence electrons. The lowest BCUT2D eigenvalue weighted by molar-refractivity contribution is -0.237. The predicted octanol–water partition coefficient (Wildman–Crippen LogP) is 3.25. The lowest BCUT2D eigenvalue weighted by Gasteiger charge is -2.65. The summed E-state index contributed by atoms with van der Waals surface area (Å²) in [4.78, 5) is 24.5. The van der Waals surface area contributed by atoms with Crippen molar-refractivity contribution in [3.05, 3.63) is 47.3 Å². The molecule has 1 aromatic carbocycles. The number of hydrogen-bond donors (Lipinski definition) is 4. The highest BCUT2D eigenvalue weighted by molar-refractivity contribution is 5.94. The summed E-state index contributed by atoms with van der Waals surface area (Å²) < 4.78 is 19.4. The van der Waals surface area contributed by atoms with Crippen LogP contribution in [-0.2, 0) is 9.53 Å². The van der Waals surface area contributed by atoms with Crippen LogP contribution in [0.25, 0.3) is 0 Å². The summed E-state index contributed by atoms with van der Waals surface area (Å²) in [6, 6.07) is 5.68. The van der Waals surface area contributed by atoms with E-state index in [2.05, 4.69) is 17.5 Å². The Kier molecular flexibility index (Phi) is 6.28. The number of halogens is 1. The molecule has 1 aromatic rings. The molecule has 0 aromatic heterocycles. The van der Waals surface area contributed by atoms with Crippen LogP contribution >= 0.6 is 0 Å². The van der Waals surface area contributed by atoms with Crippen LogP contribution in [0.4, 0.5) is 4.39 Å². The molecule has 0 radical (unpaired) electrons. The van der Waals surface area contributed by atoms with E-state index in [4.69, 9.17) is 4.74 Å². The van der Waals surface area contributed by atoms with Crippen molar-refractivity contribution in [3.63, 3.8) is 0 Å². The van der Waals surface area contributed by atoms with Gasteiger partial charge in [-0.25, -0.2) is 14.6 Å². The summed E-state index contributed by atoms with van der Waals surface area (Å²) in [6.45, 7) is 2.41. The Hall–Kier alpha value is -2.62. The fraction of sp³-hybridized carbons (Fsp3) is 0.633. The molecule has 4 aliphatic carbocycles. The molecule has 39 heavy (non-hydrogen) atoms. The summed E-state index contributed by atoms with van der Waals surface area (Å²) in [5.74, 6) is -1.84. The van der Waals surface area contributed by atoms with E-state index in [1.165, 1.54) is 18.2 Å². The highest BCUT2D eigenvalue weighted by atomic mass is 19.1. The average Bonchev–Trinajstić information content (AvgIpc) is 3.44. The zero-order chi connectivity index (χ0) is 27.6. The van der Waals surface area contributed by atoms with E-state index in [1.54, 1.807) is 18.4 Å². The Morgan fingerprint density at radius 1 is 1.10 bits per heavy atom. The number of ether oxygens (including phenoxy) is 1. The molecule has 1 amide bonds. The summed E-state index contributed by atoms with van der Waals surface area (Å²) in [7, 11) is 0. The van der Waals surface area contributed by atoms with Crippen molar-refractivity contribution >= 4 is 18.1 Å². The molecule has 0 bridgehead atoms. The van der Waals surface area contributed by atoms with Gasteiger partial charge < -0.3 is 20.1 Å². The van der Waals surface area contributed by atoms with Crippen LogP contribution in [0.5, 0.6) is 0 Å². The minimum Gasteiger partial charge on any atom is -0.458 e. The molecular weight excluding hydrogens is 503 g/mol. The van der Waals surface area contributed by atoms with Gasteiger partial charge in [-0.2, -0.15) is 5.10 Å². The van der Waals surface area contributed by atoms with E-state index in [0.717, 1.165) is 18.4 Å². The Bertz CT molecular complexity index is 1250. The lowest BCUT2D eigenvalue weighted by Crippen LogP contribution is -2.68. The summed E-state index contributed by atoms with van der Waals surface area (Å²) >= 11 is 0. The van der Waals surface area contributed by atoms with E-state index in [0.29, 0.717) is 38.5 Å². The monoisotopic (exact) mass is 540 g/mol. The molecule has 1 heterocycles. The van der Waals surface area contributed by atoms with E-state index in [1.807, 2.05) is 0 Å². The van der Waals surface area contributed by atoms with Crippen molar-refractivity contribution in [3.8, 4) is 0 Å². The van der Waals surface area contributed by atoms with E-state index >= 15 is 0 Å². The van der Waals surface area contributed by atoms with E-state index < -0.39 is 39.9 Å². The third-order valence-corrected chi connectivity index (χ3v) is 11.2. The Balaban J connectivity index is 1.33. The first-order valence-corrected chi connectivity index (χ1v) is 14.1. The minimum absolute atomic E-state index is 0.0496. The predicted molar refractivity (Wildman–Crippen MR) is 140 cm³/mol. The third-order valence-electron chi connectivity index (χ3n) is 11.2. The molecule has 6 rings (SSSR count). The number of benzene rings is 1. The molecule has 0 unspecified atom stereocenters. The van der Waals surface area contributed by atoms with Crippen molar-refractivity contribution in [1.29, 1.82) is 0 Å².